The molecule has 0 saturated heterocycles. The van der Waals surface area contributed by atoms with Crippen LogP contribution in [0.2, 0.25) is 0 Å². The fraction of sp³-hybridized carbons (Fsp3) is 0.895. The second-order valence-corrected chi connectivity index (χ2v) is 7.94. The zero-order valence-corrected chi connectivity index (χ0v) is 17.1. The summed E-state index contributed by atoms with van der Waals surface area (Å²) >= 11 is 0. The lowest BCUT2D eigenvalue weighted by Crippen LogP contribution is -2.40. The Labute approximate surface area is 153 Å². The van der Waals surface area contributed by atoms with Crippen molar-refractivity contribution in [3.05, 3.63) is 0 Å². The molecule has 0 bridgehead atoms. The van der Waals surface area contributed by atoms with Crippen LogP contribution >= 0.6 is 0 Å². The number of hydrogen-bond donors (Lipinski definition) is 2. The Kier molecular flexibility index (Phi) is 11.7. The second-order valence-electron chi connectivity index (χ2n) is 7.94. The third-order valence-corrected chi connectivity index (χ3v) is 3.75. The lowest BCUT2D eigenvalue weighted by molar-refractivity contribution is -0.129. The van der Waals surface area contributed by atoms with Gasteiger partial charge in [0.1, 0.15) is 0 Å². The molecule has 6 nitrogen and oxygen atoms in total. The van der Waals surface area contributed by atoms with Gasteiger partial charge in [-0.2, -0.15) is 0 Å². The van der Waals surface area contributed by atoms with Crippen molar-refractivity contribution in [2.75, 3.05) is 26.3 Å². The maximum atomic E-state index is 12.5. The summed E-state index contributed by atoms with van der Waals surface area (Å²) in [6.07, 6.45) is 1.17. The van der Waals surface area contributed by atoms with Gasteiger partial charge in [0.05, 0.1) is 25.4 Å². The monoisotopic (exact) mass is 358 g/mol. The van der Waals surface area contributed by atoms with Crippen LogP contribution in [-0.2, 0) is 19.1 Å². The number of rotatable bonds is 12. The number of ether oxygens (including phenoxy) is 2. The minimum absolute atomic E-state index is 0.0178. The lowest BCUT2D eigenvalue weighted by Gasteiger charge is -2.29. The van der Waals surface area contributed by atoms with Crippen LogP contribution in [0.3, 0.4) is 0 Å². The molecule has 6 heteroatoms. The van der Waals surface area contributed by atoms with Crippen molar-refractivity contribution < 1.29 is 19.1 Å². The van der Waals surface area contributed by atoms with E-state index in [1.807, 2.05) is 48.5 Å². The summed E-state index contributed by atoms with van der Waals surface area (Å²) in [7, 11) is 0. The fourth-order valence-corrected chi connectivity index (χ4v) is 2.40. The van der Waals surface area contributed by atoms with Gasteiger partial charge in [0, 0.05) is 25.4 Å². The van der Waals surface area contributed by atoms with Gasteiger partial charge in [0.2, 0.25) is 11.8 Å². The molecule has 0 aromatic rings. The third-order valence-electron chi connectivity index (χ3n) is 3.75. The molecule has 1 unspecified atom stereocenters. The SMILES string of the molecule is CC(C)OCCNC(=O)CCC(C(=O)NCCOC(C)C)C(C)(C)C. The van der Waals surface area contributed by atoms with E-state index in [-0.39, 0.29) is 35.4 Å². The topological polar surface area (TPSA) is 76.7 Å². The average Bonchev–Trinajstić information content (AvgIpc) is 2.46. The largest absolute Gasteiger partial charge is 0.377 e. The van der Waals surface area contributed by atoms with Crippen molar-refractivity contribution >= 4 is 11.8 Å². The van der Waals surface area contributed by atoms with Gasteiger partial charge in [-0.3, -0.25) is 9.59 Å². The van der Waals surface area contributed by atoms with Crippen molar-refractivity contribution in [2.45, 2.75) is 73.5 Å². The van der Waals surface area contributed by atoms with Crippen LogP contribution in [0.15, 0.2) is 0 Å². The minimum atomic E-state index is -0.218. The van der Waals surface area contributed by atoms with Crippen molar-refractivity contribution in [2.24, 2.45) is 11.3 Å². The molecule has 2 amide bonds. The zero-order valence-electron chi connectivity index (χ0n) is 17.1. The molecule has 0 spiro atoms. The Morgan fingerprint density at radius 2 is 1.36 bits per heavy atom. The van der Waals surface area contributed by atoms with Gasteiger partial charge < -0.3 is 20.1 Å². The first-order valence-electron chi connectivity index (χ1n) is 9.31. The molecule has 0 radical (unpaired) electrons. The Morgan fingerprint density at radius 1 is 0.880 bits per heavy atom. The number of carbonyl (C=O) groups is 2. The molecule has 0 aliphatic heterocycles. The molecule has 148 valence electrons. The highest BCUT2D eigenvalue weighted by molar-refractivity contribution is 5.81. The molecule has 0 aromatic carbocycles. The van der Waals surface area contributed by atoms with Crippen LogP contribution in [0.1, 0.15) is 61.3 Å². The predicted octanol–water partition coefficient (Wildman–Crippen LogP) is 2.51. The maximum absolute atomic E-state index is 12.5. The van der Waals surface area contributed by atoms with E-state index in [9.17, 15) is 9.59 Å². The summed E-state index contributed by atoms with van der Waals surface area (Å²) in [5.41, 5.74) is -0.204. The summed E-state index contributed by atoms with van der Waals surface area (Å²) in [6, 6.07) is 0. The van der Waals surface area contributed by atoms with Gasteiger partial charge in [-0.15, -0.1) is 0 Å². The minimum Gasteiger partial charge on any atom is -0.377 e. The van der Waals surface area contributed by atoms with Gasteiger partial charge >= 0.3 is 0 Å². The smallest absolute Gasteiger partial charge is 0.223 e. The number of hydrogen-bond acceptors (Lipinski definition) is 4. The van der Waals surface area contributed by atoms with Crippen LogP contribution in [0.5, 0.6) is 0 Å². The van der Waals surface area contributed by atoms with E-state index in [0.717, 1.165) is 0 Å². The van der Waals surface area contributed by atoms with Crippen LogP contribution in [0.4, 0.5) is 0 Å². The molecule has 25 heavy (non-hydrogen) atoms. The summed E-state index contributed by atoms with van der Waals surface area (Å²) < 4.78 is 10.8. The zero-order chi connectivity index (χ0) is 19.5. The Morgan fingerprint density at radius 3 is 1.80 bits per heavy atom. The highest BCUT2D eigenvalue weighted by Crippen LogP contribution is 2.29. The number of nitrogens with one attached hydrogen (secondary N) is 2. The Hall–Kier alpha value is -1.14. The third kappa shape index (κ3) is 12.8. The van der Waals surface area contributed by atoms with E-state index in [0.29, 0.717) is 39.1 Å². The number of carbonyl (C=O) groups excluding carboxylic acids is 2. The van der Waals surface area contributed by atoms with E-state index in [2.05, 4.69) is 10.6 Å². The molecule has 0 aromatic heterocycles. The first kappa shape index (κ1) is 23.9. The Balaban J connectivity index is 4.26. The quantitative estimate of drug-likeness (QED) is 0.526. The summed E-state index contributed by atoms with van der Waals surface area (Å²) in [4.78, 5) is 24.4. The van der Waals surface area contributed by atoms with E-state index in [1.54, 1.807) is 0 Å². The molecule has 0 aliphatic carbocycles. The van der Waals surface area contributed by atoms with Gasteiger partial charge in [0.25, 0.3) is 0 Å². The molecule has 0 rings (SSSR count). The highest BCUT2D eigenvalue weighted by atomic mass is 16.5. The first-order valence-corrected chi connectivity index (χ1v) is 9.31. The first-order chi connectivity index (χ1) is 11.5. The normalized spacial score (nSPS) is 13.2. The van der Waals surface area contributed by atoms with Gasteiger partial charge in [-0.1, -0.05) is 20.8 Å². The van der Waals surface area contributed by atoms with Gasteiger partial charge in [-0.25, -0.2) is 0 Å². The molecular weight excluding hydrogens is 320 g/mol. The fourth-order valence-electron chi connectivity index (χ4n) is 2.40. The van der Waals surface area contributed by atoms with E-state index in [1.165, 1.54) is 0 Å². The highest BCUT2D eigenvalue weighted by Gasteiger charge is 2.31. The molecule has 0 fully saturated rings. The number of amides is 2. The maximum Gasteiger partial charge on any atom is 0.223 e. The predicted molar refractivity (Wildman–Crippen MR) is 100 cm³/mol. The molecule has 2 N–H and O–H groups in total. The summed E-state index contributed by atoms with van der Waals surface area (Å²) in [6.45, 7) is 15.9. The van der Waals surface area contributed by atoms with Crippen molar-refractivity contribution in [3.8, 4) is 0 Å². The Bertz CT molecular complexity index is 389. The lowest BCUT2D eigenvalue weighted by atomic mass is 9.77. The summed E-state index contributed by atoms with van der Waals surface area (Å²) in [5, 5.41) is 5.75. The van der Waals surface area contributed by atoms with Crippen molar-refractivity contribution in [1.82, 2.24) is 10.6 Å². The summed E-state index contributed by atoms with van der Waals surface area (Å²) in [5.74, 6) is -0.280. The van der Waals surface area contributed by atoms with Gasteiger partial charge in [0.15, 0.2) is 0 Å². The standard InChI is InChI=1S/C19H38N2O4/c1-14(2)24-12-10-20-17(22)9-8-16(19(5,6)7)18(23)21-11-13-25-15(3)4/h14-16H,8-13H2,1-7H3,(H,20,22)(H,21,23). The van der Waals surface area contributed by atoms with Crippen LogP contribution in [-0.4, -0.2) is 50.3 Å². The molecular formula is C19H38N2O4. The molecule has 1 atom stereocenters. The van der Waals surface area contributed by atoms with Gasteiger partial charge in [-0.05, 0) is 39.5 Å². The molecule has 0 saturated carbocycles. The van der Waals surface area contributed by atoms with E-state index in [4.69, 9.17) is 9.47 Å². The van der Waals surface area contributed by atoms with Crippen LogP contribution in [0.25, 0.3) is 0 Å². The second kappa shape index (κ2) is 12.3. The van der Waals surface area contributed by atoms with E-state index < -0.39 is 0 Å². The molecule has 0 aliphatic rings. The average molecular weight is 359 g/mol. The van der Waals surface area contributed by atoms with E-state index >= 15 is 0 Å². The van der Waals surface area contributed by atoms with Crippen LogP contribution < -0.4 is 10.6 Å². The van der Waals surface area contributed by atoms with Crippen LogP contribution in [0, 0.1) is 11.3 Å². The molecule has 0 heterocycles. The van der Waals surface area contributed by atoms with Crippen molar-refractivity contribution in [3.63, 3.8) is 0 Å². The van der Waals surface area contributed by atoms with Crippen molar-refractivity contribution in [1.29, 1.82) is 0 Å².